The largest absolute Gasteiger partial charge is 0.497 e. The highest BCUT2D eigenvalue weighted by Crippen LogP contribution is 2.26. The maximum Gasteiger partial charge on any atom is 0.268 e. The molecule has 29 heavy (non-hydrogen) atoms. The molecule has 3 aromatic rings. The van der Waals surface area contributed by atoms with Crippen LogP contribution in [0.3, 0.4) is 0 Å². The monoisotopic (exact) mass is 393 g/mol. The van der Waals surface area contributed by atoms with E-state index in [-0.39, 0.29) is 23.8 Å². The molecule has 0 aliphatic rings. The second-order valence-corrected chi connectivity index (χ2v) is 8.04. The molecule has 0 atom stereocenters. The van der Waals surface area contributed by atoms with Crippen LogP contribution in [0, 0.1) is 0 Å². The highest BCUT2D eigenvalue weighted by Gasteiger charge is 2.16. The molecule has 1 heterocycles. The number of nitrogens with one attached hydrogen (secondary N) is 3. The summed E-state index contributed by atoms with van der Waals surface area (Å²) in [6, 6.07) is 15.4. The van der Waals surface area contributed by atoms with E-state index in [1.54, 1.807) is 13.2 Å². The summed E-state index contributed by atoms with van der Waals surface area (Å²) < 4.78 is 5.11. The molecule has 0 spiro atoms. The first-order chi connectivity index (χ1) is 13.8. The summed E-state index contributed by atoms with van der Waals surface area (Å²) in [6.07, 6.45) is 0. The van der Waals surface area contributed by atoms with Crippen molar-refractivity contribution in [2.24, 2.45) is 0 Å². The molecule has 0 fully saturated rings. The number of fused-ring (bicyclic) bond motifs is 1. The molecule has 6 nitrogen and oxygen atoms in total. The van der Waals surface area contributed by atoms with Crippen LogP contribution in [0.1, 0.15) is 42.4 Å². The minimum Gasteiger partial charge on any atom is -0.497 e. The average Bonchev–Trinajstić information content (AvgIpc) is 3.13. The molecule has 0 radical (unpaired) electrons. The maximum absolute atomic E-state index is 12.4. The third-order valence-corrected chi connectivity index (χ3v) is 4.79. The quantitative estimate of drug-likeness (QED) is 0.599. The van der Waals surface area contributed by atoms with Crippen LogP contribution in [0.15, 0.2) is 48.5 Å². The van der Waals surface area contributed by atoms with Gasteiger partial charge in [-0.25, -0.2) is 0 Å². The molecule has 1 aromatic heterocycles. The Hall–Kier alpha value is -3.28. The zero-order valence-corrected chi connectivity index (χ0v) is 17.3. The van der Waals surface area contributed by atoms with Gasteiger partial charge in [-0.3, -0.25) is 9.59 Å². The molecule has 6 heteroatoms. The van der Waals surface area contributed by atoms with Crippen molar-refractivity contribution in [3.63, 3.8) is 0 Å². The van der Waals surface area contributed by atoms with Crippen LogP contribution in [0.5, 0.6) is 5.75 Å². The lowest BCUT2D eigenvalue weighted by Crippen LogP contribution is -2.36. The van der Waals surface area contributed by atoms with E-state index in [2.05, 4.69) is 48.5 Å². The number of methoxy groups -OCH3 is 1. The minimum atomic E-state index is -0.307. The van der Waals surface area contributed by atoms with Crippen LogP contribution in [0.2, 0.25) is 0 Å². The minimum absolute atomic E-state index is 0.0314. The summed E-state index contributed by atoms with van der Waals surface area (Å²) in [7, 11) is 1.61. The number of hydrogen-bond acceptors (Lipinski definition) is 3. The Bertz CT molecular complexity index is 1010. The zero-order chi connectivity index (χ0) is 21.0. The Morgan fingerprint density at radius 2 is 1.72 bits per heavy atom. The van der Waals surface area contributed by atoms with Crippen molar-refractivity contribution >= 4 is 22.7 Å². The van der Waals surface area contributed by atoms with Gasteiger partial charge in [-0.05, 0) is 40.8 Å². The van der Waals surface area contributed by atoms with Gasteiger partial charge in [-0.1, -0.05) is 45.0 Å². The van der Waals surface area contributed by atoms with Crippen molar-refractivity contribution in [3.8, 4) is 5.75 Å². The van der Waals surface area contributed by atoms with Gasteiger partial charge in [-0.15, -0.1) is 0 Å². The molecule has 0 aliphatic heterocycles. The van der Waals surface area contributed by atoms with E-state index in [0.717, 1.165) is 22.2 Å². The Morgan fingerprint density at radius 3 is 2.38 bits per heavy atom. The van der Waals surface area contributed by atoms with E-state index >= 15 is 0 Å². The predicted molar refractivity (Wildman–Crippen MR) is 114 cm³/mol. The SMILES string of the molecule is COc1ccc(CNC(=O)CNC(=O)c2cc3ccc(C(C)(C)C)cc3[nH]2)cc1. The van der Waals surface area contributed by atoms with E-state index in [9.17, 15) is 9.59 Å². The summed E-state index contributed by atoms with van der Waals surface area (Å²) >= 11 is 0. The third kappa shape index (κ3) is 5.16. The van der Waals surface area contributed by atoms with Crippen LogP contribution < -0.4 is 15.4 Å². The van der Waals surface area contributed by atoms with E-state index in [1.807, 2.05) is 30.3 Å². The molecule has 3 N–H and O–H groups in total. The summed E-state index contributed by atoms with van der Waals surface area (Å²) in [5.74, 6) is 0.207. The van der Waals surface area contributed by atoms with Crippen molar-refractivity contribution < 1.29 is 14.3 Å². The fraction of sp³-hybridized carbons (Fsp3) is 0.304. The van der Waals surface area contributed by atoms with Crippen LogP contribution in [0.4, 0.5) is 0 Å². The van der Waals surface area contributed by atoms with Gasteiger partial charge in [0.1, 0.15) is 11.4 Å². The average molecular weight is 393 g/mol. The number of aromatic nitrogens is 1. The summed E-state index contributed by atoms with van der Waals surface area (Å²) in [5.41, 5.74) is 3.52. The number of aromatic amines is 1. The number of benzene rings is 2. The predicted octanol–water partition coefficient (Wildman–Crippen LogP) is 3.52. The third-order valence-electron chi connectivity index (χ3n) is 4.79. The van der Waals surface area contributed by atoms with Gasteiger partial charge in [0.2, 0.25) is 5.91 Å². The standard InChI is InChI=1S/C23H27N3O3/c1-23(2,3)17-8-7-16-11-20(26-19(16)12-17)22(28)25-14-21(27)24-13-15-5-9-18(29-4)10-6-15/h5-12,26H,13-14H2,1-4H3,(H,24,27)(H,25,28). The Balaban J connectivity index is 1.54. The van der Waals surface area contributed by atoms with Gasteiger partial charge in [0, 0.05) is 17.4 Å². The topological polar surface area (TPSA) is 83.2 Å². The lowest BCUT2D eigenvalue weighted by atomic mass is 9.87. The van der Waals surface area contributed by atoms with Gasteiger partial charge >= 0.3 is 0 Å². The van der Waals surface area contributed by atoms with E-state index in [1.165, 1.54) is 5.56 Å². The van der Waals surface area contributed by atoms with Gasteiger partial charge in [-0.2, -0.15) is 0 Å². The van der Waals surface area contributed by atoms with Gasteiger partial charge < -0.3 is 20.4 Å². The van der Waals surface area contributed by atoms with Gasteiger partial charge in [0.05, 0.1) is 13.7 Å². The van der Waals surface area contributed by atoms with Crippen LogP contribution in [-0.2, 0) is 16.8 Å². The number of rotatable bonds is 6. The van der Waals surface area contributed by atoms with E-state index < -0.39 is 0 Å². The first kappa shape index (κ1) is 20.5. The Morgan fingerprint density at radius 1 is 1.00 bits per heavy atom. The first-order valence-corrected chi connectivity index (χ1v) is 9.57. The lowest BCUT2D eigenvalue weighted by molar-refractivity contribution is -0.120. The number of ether oxygens (including phenoxy) is 1. The maximum atomic E-state index is 12.4. The fourth-order valence-corrected chi connectivity index (χ4v) is 2.98. The van der Waals surface area contributed by atoms with Crippen molar-refractivity contribution in [2.75, 3.05) is 13.7 Å². The molecular weight excluding hydrogens is 366 g/mol. The Kier molecular flexibility index (Phi) is 5.92. The van der Waals surface area contributed by atoms with Gasteiger partial charge in [0.15, 0.2) is 0 Å². The van der Waals surface area contributed by atoms with Crippen LogP contribution in [0.25, 0.3) is 10.9 Å². The van der Waals surface area contributed by atoms with Crippen LogP contribution >= 0.6 is 0 Å². The molecule has 152 valence electrons. The second-order valence-electron chi connectivity index (χ2n) is 8.04. The second kappa shape index (κ2) is 8.39. The van der Waals surface area contributed by atoms with Crippen molar-refractivity contribution in [3.05, 3.63) is 65.4 Å². The molecule has 0 aliphatic carbocycles. The normalized spacial score (nSPS) is 11.3. The van der Waals surface area contributed by atoms with E-state index in [0.29, 0.717) is 12.2 Å². The Labute approximate surface area is 170 Å². The molecule has 0 saturated heterocycles. The number of H-pyrrole nitrogens is 1. The van der Waals surface area contributed by atoms with Crippen LogP contribution in [-0.4, -0.2) is 30.5 Å². The summed E-state index contributed by atoms with van der Waals surface area (Å²) in [5, 5.41) is 6.41. The van der Waals surface area contributed by atoms with E-state index in [4.69, 9.17) is 4.74 Å². The van der Waals surface area contributed by atoms with Crippen molar-refractivity contribution in [1.29, 1.82) is 0 Å². The molecule has 3 rings (SSSR count). The van der Waals surface area contributed by atoms with Gasteiger partial charge in [0.25, 0.3) is 5.91 Å². The summed E-state index contributed by atoms with van der Waals surface area (Å²) in [4.78, 5) is 27.6. The molecule has 2 amide bonds. The molecule has 0 unspecified atom stereocenters. The fourth-order valence-electron chi connectivity index (χ4n) is 2.98. The molecule has 0 saturated carbocycles. The number of amides is 2. The number of carbonyl (C=O) groups is 2. The first-order valence-electron chi connectivity index (χ1n) is 9.57. The lowest BCUT2D eigenvalue weighted by Gasteiger charge is -2.18. The number of hydrogen-bond donors (Lipinski definition) is 3. The summed E-state index contributed by atoms with van der Waals surface area (Å²) in [6.45, 7) is 6.75. The molecular formula is C23H27N3O3. The highest BCUT2D eigenvalue weighted by molar-refractivity contribution is 5.99. The van der Waals surface area contributed by atoms with Crippen molar-refractivity contribution in [1.82, 2.24) is 15.6 Å². The smallest absolute Gasteiger partial charge is 0.268 e. The molecule has 2 aromatic carbocycles. The zero-order valence-electron chi connectivity index (χ0n) is 17.3. The molecule has 0 bridgehead atoms. The highest BCUT2D eigenvalue weighted by atomic mass is 16.5. The van der Waals surface area contributed by atoms with Crippen molar-refractivity contribution in [2.45, 2.75) is 32.7 Å². The number of carbonyl (C=O) groups excluding carboxylic acids is 2.